The maximum atomic E-state index is 10.6. The lowest BCUT2D eigenvalue weighted by molar-refractivity contribution is -0.142. The van der Waals surface area contributed by atoms with E-state index in [1.54, 1.807) is 6.92 Å². The van der Waals surface area contributed by atoms with Crippen LogP contribution in [0.4, 0.5) is 0 Å². The minimum atomic E-state index is -0.750. The van der Waals surface area contributed by atoms with E-state index in [0.29, 0.717) is 5.71 Å². The van der Waals surface area contributed by atoms with Gasteiger partial charge in [-0.3, -0.25) is 4.79 Å². The number of aliphatic carboxylic acids is 1. The second-order valence-corrected chi connectivity index (χ2v) is 4.65. The number of rotatable bonds is 3. The molecule has 14 heavy (non-hydrogen) atoms. The summed E-state index contributed by atoms with van der Waals surface area (Å²) in [6, 6.07) is 0. The predicted octanol–water partition coefficient (Wildman–Crippen LogP) is 1.97. The Labute approximate surface area is 83.6 Å². The molecule has 0 heterocycles. The molecule has 1 fully saturated rings. The number of hydrogen-bond acceptors (Lipinski definition) is 3. The van der Waals surface area contributed by atoms with Gasteiger partial charge in [0.1, 0.15) is 0 Å². The van der Waals surface area contributed by atoms with Gasteiger partial charge in [-0.25, -0.2) is 0 Å². The standard InChI is InChI=1S/C10H17NO3/c1-6(11-14)8-4-7(5-9(12)13)10(8,2)3/h7-8,14H,4-5H2,1-3H3,(H,12,13)/b11-6+/t7-,8-/m0/s1. The molecule has 2 atom stereocenters. The topological polar surface area (TPSA) is 69.9 Å². The lowest BCUT2D eigenvalue weighted by atomic mass is 9.52. The van der Waals surface area contributed by atoms with Crippen LogP contribution in [0.3, 0.4) is 0 Å². The van der Waals surface area contributed by atoms with Crippen molar-refractivity contribution < 1.29 is 15.1 Å². The maximum Gasteiger partial charge on any atom is 0.303 e. The van der Waals surface area contributed by atoms with E-state index in [2.05, 4.69) is 5.16 Å². The summed E-state index contributed by atoms with van der Waals surface area (Å²) in [5.74, 6) is -0.335. The average molecular weight is 199 g/mol. The molecule has 2 N–H and O–H groups in total. The third-order valence-corrected chi connectivity index (χ3v) is 3.55. The molecule has 0 aromatic heterocycles. The van der Waals surface area contributed by atoms with Gasteiger partial charge >= 0.3 is 5.97 Å². The molecule has 4 nitrogen and oxygen atoms in total. The van der Waals surface area contributed by atoms with Crippen LogP contribution in [0.5, 0.6) is 0 Å². The van der Waals surface area contributed by atoms with Crippen LogP contribution in [0.15, 0.2) is 5.16 Å². The third kappa shape index (κ3) is 1.74. The monoisotopic (exact) mass is 199 g/mol. The Morgan fingerprint density at radius 1 is 1.57 bits per heavy atom. The number of carboxylic acid groups (broad SMARTS) is 1. The summed E-state index contributed by atoms with van der Waals surface area (Å²) < 4.78 is 0. The smallest absolute Gasteiger partial charge is 0.303 e. The van der Waals surface area contributed by atoms with Crippen molar-refractivity contribution in [1.29, 1.82) is 0 Å². The van der Waals surface area contributed by atoms with E-state index in [1.807, 2.05) is 13.8 Å². The van der Waals surface area contributed by atoms with Gasteiger partial charge < -0.3 is 10.3 Å². The summed E-state index contributed by atoms with van der Waals surface area (Å²) in [7, 11) is 0. The van der Waals surface area contributed by atoms with Crippen molar-refractivity contribution in [2.45, 2.75) is 33.6 Å². The Kier molecular flexibility index (Phi) is 2.83. The molecule has 0 amide bonds. The highest BCUT2D eigenvalue weighted by molar-refractivity contribution is 5.85. The molecule has 4 heteroatoms. The normalized spacial score (nSPS) is 30.9. The van der Waals surface area contributed by atoms with Crippen molar-refractivity contribution in [3.8, 4) is 0 Å². The largest absolute Gasteiger partial charge is 0.481 e. The van der Waals surface area contributed by atoms with E-state index in [0.717, 1.165) is 6.42 Å². The molecule has 0 aliphatic heterocycles. The lowest BCUT2D eigenvalue weighted by Crippen LogP contribution is -2.48. The van der Waals surface area contributed by atoms with Crippen molar-refractivity contribution in [3.63, 3.8) is 0 Å². The van der Waals surface area contributed by atoms with Crippen molar-refractivity contribution in [1.82, 2.24) is 0 Å². The zero-order chi connectivity index (χ0) is 10.9. The molecule has 0 bridgehead atoms. The maximum absolute atomic E-state index is 10.6. The van der Waals surface area contributed by atoms with Crippen LogP contribution in [-0.2, 0) is 4.79 Å². The van der Waals surface area contributed by atoms with E-state index >= 15 is 0 Å². The predicted molar refractivity (Wildman–Crippen MR) is 52.5 cm³/mol. The summed E-state index contributed by atoms with van der Waals surface area (Å²) >= 11 is 0. The molecule has 0 saturated heterocycles. The highest BCUT2D eigenvalue weighted by Crippen LogP contribution is 2.53. The fourth-order valence-electron chi connectivity index (χ4n) is 2.35. The summed E-state index contributed by atoms with van der Waals surface area (Å²) in [4.78, 5) is 10.6. The Bertz CT molecular complexity index is 271. The fourth-order valence-corrected chi connectivity index (χ4v) is 2.35. The van der Waals surface area contributed by atoms with Crippen LogP contribution < -0.4 is 0 Å². The first kappa shape index (κ1) is 11.0. The van der Waals surface area contributed by atoms with Crippen molar-refractivity contribution in [2.75, 3.05) is 0 Å². The zero-order valence-electron chi connectivity index (χ0n) is 8.82. The van der Waals surface area contributed by atoms with Crippen molar-refractivity contribution in [2.24, 2.45) is 22.4 Å². The van der Waals surface area contributed by atoms with Gasteiger partial charge in [0, 0.05) is 12.3 Å². The first-order valence-corrected chi connectivity index (χ1v) is 4.80. The lowest BCUT2D eigenvalue weighted by Gasteiger charge is -2.51. The van der Waals surface area contributed by atoms with E-state index in [9.17, 15) is 4.79 Å². The summed E-state index contributed by atoms with van der Waals surface area (Å²) in [5, 5.41) is 20.5. The third-order valence-electron chi connectivity index (χ3n) is 3.55. The van der Waals surface area contributed by atoms with Gasteiger partial charge in [-0.1, -0.05) is 19.0 Å². The second-order valence-electron chi connectivity index (χ2n) is 4.65. The molecule has 0 spiro atoms. The Hall–Kier alpha value is -1.06. The van der Waals surface area contributed by atoms with E-state index < -0.39 is 5.97 Å². The molecule has 0 aromatic rings. The van der Waals surface area contributed by atoms with Crippen LogP contribution in [0.1, 0.15) is 33.6 Å². The Morgan fingerprint density at radius 2 is 2.14 bits per heavy atom. The molecule has 1 rings (SSSR count). The molecule has 0 unspecified atom stereocenters. The average Bonchev–Trinajstić information content (AvgIpc) is 2.10. The second kappa shape index (κ2) is 3.59. The van der Waals surface area contributed by atoms with Crippen LogP contribution in [-0.4, -0.2) is 22.0 Å². The minimum Gasteiger partial charge on any atom is -0.481 e. The van der Waals surface area contributed by atoms with E-state index in [-0.39, 0.29) is 23.7 Å². The van der Waals surface area contributed by atoms with Gasteiger partial charge in [-0.2, -0.15) is 0 Å². The number of nitrogens with zero attached hydrogens (tertiary/aromatic N) is 1. The first-order chi connectivity index (χ1) is 6.39. The first-order valence-electron chi connectivity index (χ1n) is 4.80. The van der Waals surface area contributed by atoms with Crippen molar-refractivity contribution >= 4 is 11.7 Å². The van der Waals surface area contributed by atoms with E-state index in [1.165, 1.54) is 0 Å². The minimum absolute atomic E-state index is 0.0608. The molecule has 0 aromatic carbocycles. The van der Waals surface area contributed by atoms with E-state index in [4.69, 9.17) is 10.3 Å². The number of carboxylic acids is 1. The van der Waals surface area contributed by atoms with Gasteiger partial charge in [-0.05, 0) is 24.7 Å². The summed E-state index contributed by atoms with van der Waals surface area (Å²) in [6.07, 6.45) is 1.03. The highest BCUT2D eigenvalue weighted by atomic mass is 16.4. The highest BCUT2D eigenvalue weighted by Gasteiger charge is 2.49. The quantitative estimate of drug-likeness (QED) is 0.415. The zero-order valence-corrected chi connectivity index (χ0v) is 8.82. The molecule has 0 radical (unpaired) electrons. The summed E-state index contributed by atoms with van der Waals surface area (Å²) in [5.41, 5.74) is 0.644. The molecule has 1 aliphatic rings. The van der Waals surface area contributed by atoms with Gasteiger partial charge in [-0.15, -0.1) is 0 Å². The van der Waals surface area contributed by atoms with Crippen LogP contribution in [0, 0.1) is 17.3 Å². The molecule has 1 aliphatic carbocycles. The number of carbonyl (C=O) groups is 1. The Morgan fingerprint density at radius 3 is 2.50 bits per heavy atom. The fraction of sp³-hybridized carbons (Fsp3) is 0.800. The van der Waals surface area contributed by atoms with Gasteiger partial charge in [0.25, 0.3) is 0 Å². The van der Waals surface area contributed by atoms with Crippen LogP contribution in [0.25, 0.3) is 0 Å². The molecule has 1 saturated carbocycles. The SMILES string of the molecule is C/C(=N\O)[C@@H]1C[C@@H](CC(=O)O)C1(C)C. The van der Waals surface area contributed by atoms with Crippen LogP contribution in [0.2, 0.25) is 0 Å². The summed E-state index contributed by atoms with van der Waals surface area (Å²) in [6.45, 7) is 5.84. The van der Waals surface area contributed by atoms with Gasteiger partial charge in [0.15, 0.2) is 0 Å². The van der Waals surface area contributed by atoms with Gasteiger partial charge in [0.2, 0.25) is 0 Å². The Balaban J connectivity index is 2.63. The van der Waals surface area contributed by atoms with Gasteiger partial charge in [0.05, 0.1) is 5.71 Å². The van der Waals surface area contributed by atoms with Crippen molar-refractivity contribution in [3.05, 3.63) is 0 Å². The molecule has 80 valence electrons. The van der Waals surface area contributed by atoms with Crippen LogP contribution >= 0.6 is 0 Å². The molecular formula is C10H17NO3. The number of oxime groups is 1. The molecular weight excluding hydrogens is 182 g/mol. The number of hydrogen-bond donors (Lipinski definition) is 2.